The predicted octanol–water partition coefficient (Wildman–Crippen LogP) is 2.74. The Hall–Kier alpha value is -0.120. The van der Waals surface area contributed by atoms with E-state index in [9.17, 15) is 0 Å². The average molecular weight is 243 g/mol. The number of rotatable bonds is 9. The van der Waals surface area contributed by atoms with Gasteiger partial charge in [-0.15, -0.1) is 0 Å². The molecular formula is C14H29NO2. The van der Waals surface area contributed by atoms with Crippen molar-refractivity contribution in [3.8, 4) is 0 Å². The molecule has 102 valence electrons. The van der Waals surface area contributed by atoms with Crippen molar-refractivity contribution >= 4 is 0 Å². The summed E-state index contributed by atoms with van der Waals surface area (Å²) in [6.45, 7) is 6.60. The SMILES string of the molecule is CCOCCCNCCOC1CCCCCC1. The van der Waals surface area contributed by atoms with Crippen LogP contribution in [0, 0.1) is 0 Å². The van der Waals surface area contributed by atoms with Crippen molar-refractivity contribution in [1.29, 1.82) is 0 Å². The van der Waals surface area contributed by atoms with Gasteiger partial charge < -0.3 is 14.8 Å². The van der Waals surface area contributed by atoms with Gasteiger partial charge in [-0.3, -0.25) is 0 Å². The van der Waals surface area contributed by atoms with Gasteiger partial charge in [-0.05, 0) is 32.7 Å². The third kappa shape index (κ3) is 8.58. The summed E-state index contributed by atoms with van der Waals surface area (Å²) in [6.07, 6.45) is 9.67. The van der Waals surface area contributed by atoms with E-state index in [1.807, 2.05) is 6.92 Å². The van der Waals surface area contributed by atoms with E-state index in [0.29, 0.717) is 6.10 Å². The van der Waals surface area contributed by atoms with E-state index in [1.54, 1.807) is 0 Å². The minimum Gasteiger partial charge on any atom is -0.382 e. The summed E-state index contributed by atoms with van der Waals surface area (Å²) >= 11 is 0. The Balaban J connectivity index is 1.82. The number of nitrogens with one attached hydrogen (secondary N) is 1. The second kappa shape index (κ2) is 11.0. The van der Waals surface area contributed by atoms with Gasteiger partial charge in [0.2, 0.25) is 0 Å². The molecule has 0 heterocycles. The zero-order chi connectivity index (χ0) is 12.2. The molecule has 0 unspecified atom stereocenters. The fourth-order valence-electron chi connectivity index (χ4n) is 2.27. The van der Waals surface area contributed by atoms with Crippen molar-refractivity contribution in [1.82, 2.24) is 5.32 Å². The molecule has 17 heavy (non-hydrogen) atoms. The van der Waals surface area contributed by atoms with E-state index < -0.39 is 0 Å². The molecule has 1 saturated carbocycles. The minimum absolute atomic E-state index is 0.530. The maximum absolute atomic E-state index is 5.90. The fraction of sp³-hybridized carbons (Fsp3) is 1.00. The normalized spacial score (nSPS) is 18.2. The van der Waals surface area contributed by atoms with Gasteiger partial charge in [0.15, 0.2) is 0 Å². The number of ether oxygens (including phenoxy) is 2. The molecule has 0 aromatic rings. The van der Waals surface area contributed by atoms with Crippen LogP contribution in [0.4, 0.5) is 0 Å². The standard InChI is InChI=1S/C14H29NO2/c1-2-16-12-7-10-15-11-13-17-14-8-5-3-4-6-9-14/h14-15H,2-13H2,1H3. The maximum atomic E-state index is 5.90. The van der Waals surface area contributed by atoms with Crippen molar-refractivity contribution in [2.24, 2.45) is 0 Å². The summed E-state index contributed by atoms with van der Waals surface area (Å²) in [4.78, 5) is 0. The first kappa shape index (κ1) is 14.9. The van der Waals surface area contributed by atoms with E-state index in [2.05, 4.69) is 5.32 Å². The predicted molar refractivity (Wildman–Crippen MR) is 71.4 cm³/mol. The molecule has 1 N–H and O–H groups in total. The molecular weight excluding hydrogens is 214 g/mol. The summed E-state index contributed by atoms with van der Waals surface area (Å²) < 4.78 is 11.2. The lowest BCUT2D eigenvalue weighted by Crippen LogP contribution is -2.24. The number of hydrogen-bond donors (Lipinski definition) is 1. The van der Waals surface area contributed by atoms with Crippen molar-refractivity contribution in [3.05, 3.63) is 0 Å². The molecule has 1 rings (SSSR count). The Morgan fingerprint density at radius 3 is 2.47 bits per heavy atom. The molecule has 0 aromatic heterocycles. The highest BCUT2D eigenvalue weighted by molar-refractivity contribution is 4.64. The van der Waals surface area contributed by atoms with Crippen LogP contribution >= 0.6 is 0 Å². The highest BCUT2D eigenvalue weighted by Crippen LogP contribution is 2.19. The van der Waals surface area contributed by atoms with Crippen LogP contribution in [0.2, 0.25) is 0 Å². The highest BCUT2D eigenvalue weighted by atomic mass is 16.5. The molecule has 1 aliphatic rings. The van der Waals surface area contributed by atoms with Gasteiger partial charge >= 0.3 is 0 Å². The molecule has 0 saturated heterocycles. The van der Waals surface area contributed by atoms with E-state index in [4.69, 9.17) is 9.47 Å². The summed E-state index contributed by atoms with van der Waals surface area (Å²) in [5.74, 6) is 0. The lowest BCUT2D eigenvalue weighted by atomic mass is 10.1. The molecule has 0 aliphatic heterocycles. The molecule has 3 nitrogen and oxygen atoms in total. The second-order valence-corrected chi connectivity index (χ2v) is 4.78. The monoisotopic (exact) mass is 243 g/mol. The van der Waals surface area contributed by atoms with Gasteiger partial charge in [0.05, 0.1) is 12.7 Å². The first-order chi connectivity index (χ1) is 8.43. The Bertz CT molecular complexity index is 156. The van der Waals surface area contributed by atoms with E-state index in [0.717, 1.165) is 39.3 Å². The summed E-state index contributed by atoms with van der Waals surface area (Å²) in [5, 5.41) is 3.39. The molecule has 3 heteroatoms. The maximum Gasteiger partial charge on any atom is 0.0594 e. The summed E-state index contributed by atoms with van der Waals surface area (Å²) in [7, 11) is 0. The van der Waals surface area contributed by atoms with E-state index in [-0.39, 0.29) is 0 Å². The van der Waals surface area contributed by atoms with Crippen LogP contribution in [-0.2, 0) is 9.47 Å². The van der Waals surface area contributed by atoms with Crippen LogP contribution in [0.1, 0.15) is 51.9 Å². The minimum atomic E-state index is 0.530. The van der Waals surface area contributed by atoms with Gasteiger partial charge in [0, 0.05) is 19.8 Å². The Kier molecular flexibility index (Phi) is 9.66. The summed E-state index contributed by atoms with van der Waals surface area (Å²) in [6, 6.07) is 0. The van der Waals surface area contributed by atoms with Crippen LogP contribution in [0.3, 0.4) is 0 Å². The van der Waals surface area contributed by atoms with Crippen molar-refractivity contribution in [2.75, 3.05) is 32.9 Å². The molecule has 0 bridgehead atoms. The Morgan fingerprint density at radius 2 is 1.76 bits per heavy atom. The average Bonchev–Trinajstić information content (AvgIpc) is 2.61. The fourth-order valence-corrected chi connectivity index (χ4v) is 2.27. The lowest BCUT2D eigenvalue weighted by molar-refractivity contribution is 0.0449. The lowest BCUT2D eigenvalue weighted by Gasteiger charge is -2.15. The zero-order valence-corrected chi connectivity index (χ0v) is 11.4. The van der Waals surface area contributed by atoms with Crippen LogP contribution in [0.15, 0.2) is 0 Å². The molecule has 1 fully saturated rings. The van der Waals surface area contributed by atoms with Crippen LogP contribution in [0.25, 0.3) is 0 Å². The van der Waals surface area contributed by atoms with Crippen molar-refractivity contribution < 1.29 is 9.47 Å². The smallest absolute Gasteiger partial charge is 0.0594 e. The molecule has 1 aliphatic carbocycles. The first-order valence-corrected chi connectivity index (χ1v) is 7.33. The molecule has 0 amide bonds. The van der Waals surface area contributed by atoms with Crippen LogP contribution in [-0.4, -0.2) is 39.0 Å². The topological polar surface area (TPSA) is 30.5 Å². The zero-order valence-electron chi connectivity index (χ0n) is 11.4. The molecule has 0 atom stereocenters. The van der Waals surface area contributed by atoms with Crippen molar-refractivity contribution in [3.63, 3.8) is 0 Å². The third-order valence-electron chi connectivity index (χ3n) is 3.28. The van der Waals surface area contributed by atoms with E-state index >= 15 is 0 Å². The van der Waals surface area contributed by atoms with Gasteiger partial charge in [0.1, 0.15) is 0 Å². The van der Waals surface area contributed by atoms with Crippen LogP contribution in [0.5, 0.6) is 0 Å². The van der Waals surface area contributed by atoms with Crippen molar-refractivity contribution in [2.45, 2.75) is 58.0 Å². The van der Waals surface area contributed by atoms with Gasteiger partial charge in [-0.1, -0.05) is 25.7 Å². The van der Waals surface area contributed by atoms with Gasteiger partial charge in [0.25, 0.3) is 0 Å². The second-order valence-electron chi connectivity index (χ2n) is 4.78. The van der Waals surface area contributed by atoms with Gasteiger partial charge in [-0.25, -0.2) is 0 Å². The molecule has 0 radical (unpaired) electrons. The first-order valence-electron chi connectivity index (χ1n) is 7.33. The Labute approximate surface area is 106 Å². The van der Waals surface area contributed by atoms with Crippen LogP contribution < -0.4 is 5.32 Å². The number of hydrogen-bond acceptors (Lipinski definition) is 3. The highest BCUT2D eigenvalue weighted by Gasteiger charge is 2.11. The van der Waals surface area contributed by atoms with E-state index in [1.165, 1.54) is 38.5 Å². The largest absolute Gasteiger partial charge is 0.382 e. The quantitative estimate of drug-likeness (QED) is 0.499. The molecule has 0 aromatic carbocycles. The Morgan fingerprint density at radius 1 is 1.00 bits per heavy atom. The molecule has 0 spiro atoms. The third-order valence-corrected chi connectivity index (χ3v) is 3.28. The summed E-state index contributed by atoms with van der Waals surface area (Å²) in [5.41, 5.74) is 0. The van der Waals surface area contributed by atoms with Gasteiger partial charge in [-0.2, -0.15) is 0 Å².